The third-order valence-electron chi connectivity index (χ3n) is 2.25. The third kappa shape index (κ3) is 5.12. The molecule has 0 aliphatic heterocycles. The monoisotopic (exact) mass is 309 g/mol. The Bertz CT molecular complexity index is 611. The first kappa shape index (κ1) is 16.5. The fourth-order valence-electron chi connectivity index (χ4n) is 1.33. The van der Waals surface area contributed by atoms with Crippen molar-refractivity contribution in [3.05, 3.63) is 28.3 Å². The van der Waals surface area contributed by atoms with Crippen LogP contribution in [0.25, 0.3) is 0 Å². The number of anilines is 1. The van der Waals surface area contributed by atoms with Gasteiger partial charge in [0.2, 0.25) is 5.91 Å². The Hall–Kier alpha value is -2.60. The lowest BCUT2D eigenvalue weighted by atomic mass is 10.2. The van der Waals surface area contributed by atoms with Crippen molar-refractivity contribution in [1.82, 2.24) is 0 Å². The fourth-order valence-corrected chi connectivity index (χ4v) is 2.17. The molecular weight excluding hydrogens is 298 g/mol. The van der Waals surface area contributed by atoms with Gasteiger partial charge >= 0.3 is 5.97 Å². The standard InChI is InChI=1S/C12H11N3O5S/c1-20-12(17)7-21-10-3-2-8(6-9(10)15(18)19)14-11(16)4-5-13/h2-3,6H,4,7H2,1H3,(H,14,16). The largest absolute Gasteiger partial charge is 0.468 e. The van der Waals surface area contributed by atoms with Gasteiger partial charge in [-0.15, -0.1) is 11.8 Å². The number of hydrogen-bond acceptors (Lipinski definition) is 7. The second-order valence-corrected chi connectivity index (χ2v) is 4.70. The summed E-state index contributed by atoms with van der Waals surface area (Å²) in [5.41, 5.74) is -0.0250. The maximum Gasteiger partial charge on any atom is 0.315 e. The number of rotatable bonds is 6. The van der Waals surface area contributed by atoms with Crippen LogP contribution < -0.4 is 5.32 Å². The first-order valence-electron chi connectivity index (χ1n) is 5.62. The summed E-state index contributed by atoms with van der Waals surface area (Å²) in [4.78, 5) is 33.0. The number of hydrogen-bond donors (Lipinski definition) is 1. The van der Waals surface area contributed by atoms with E-state index in [2.05, 4.69) is 10.1 Å². The number of methoxy groups -OCH3 is 1. The van der Waals surface area contributed by atoms with E-state index in [-0.39, 0.29) is 28.4 Å². The fraction of sp³-hybridized carbons (Fsp3) is 0.250. The number of carbonyl (C=O) groups excluding carboxylic acids is 2. The summed E-state index contributed by atoms with van der Waals surface area (Å²) in [6, 6.07) is 5.73. The molecule has 0 saturated heterocycles. The minimum Gasteiger partial charge on any atom is -0.468 e. The third-order valence-corrected chi connectivity index (χ3v) is 3.29. The Morgan fingerprint density at radius 3 is 2.81 bits per heavy atom. The summed E-state index contributed by atoms with van der Waals surface area (Å²) in [7, 11) is 1.23. The van der Waals surface area contributed by atoms with Crippen LogP contribution in [0.3, 0.4) is 0 Å². The van der Waals surface area contributed by atoms with Crippen LogP contribution in [-0.2, 0) is 14.3 Å². The van der Waals surface area contributed by atoms with Gasteiger partial charge in [0, 0.05) is 11.8 Å². The van der Waals surface area contributed by atoms with E-state index in [4.69, 9.17) is 5.26 Å². The lowest BCUT2D eigenvalue weighted by Crippen LogP contribution is -2.10. The molecule has 0 aromatic heterocycles. The molecule has 0 saturated carbocycles. The van der Waals surface area contributed by atoms with Gasteiger partial charge in [-0.1, -0.05) is 0 Å². The molecule has 0 radical (unpaired) electrons. The van der Waals surface area contributed by atoms with Crippen molar-refractivity contribution in [2.24, 2.45) is 0 Å². The maximum atomic E-state index is 11.3. The van der Waals surface area contributed by atoms with Crippen LogP contribution in [0.4, 0.5) is 11.4 Å². The molecule has 0 aliphatic carbocycles. The van der Waals surface area contributed by atoms with Gasteiger partial charge in [-0.25, -0.2) is 0 Å². The average Bonchev–Trinajstić information content (AvgIpc) is 2.45. The predicted molar refractivity (Wildman–Crippen MR) is 74.7 cm³/mol. The first-order valence-corrected chi connectivity index (χ1v) is 6.61. The lowest BCUT2D eigenvalue weighted by Gasteiger charge is -2.06. The van der Waals surface area contributed by atoms with Crippen molar-refractivity contribution in [3.63, 3.8) is 0 Å². The van der Waals surface area contributed by atoms with Crippen LogP contribution in [0.5, 0.6) is 0 Å². The number of nitrogens with zero attached hydrogens (tertiary/aromatic N) is 2. The number of nitro benzene ring substituents is 1. The van der Waals surface area contributed by atoms with Crippen molar-refractivity contribution in [1.29, 1.82) is 5.26 Å². The SMILES string of the molecule is COC(=O)CSc1ccc(NC(=O)CC#N)cc1[N+](=O)[O-]. The topological polar surface area (TPSA) is 122 Å². The Kier molecular flexibility index (Phi) is 6.16. The number of nitrogens with one attached hydrogen (secondary N) is 1. The summed E-state index contributed by atoms with van der Waals surface area (Å²) in [6.45, 7) is 0. The zero-order valence-electron chi connectivity index (χ0n) is 11.0. The Labute approximate surface area is 124 Å². The molecule has 0 bridgehead atoms. The summed E-state index contributed by atoms with van der Waals surface area (Å²) in [6.07, 6.45) is -0.341. The van der Waals surface area contributed by atoms with E-state index < -0.39 is 16.8 Å². The highest BCUT2D eigenvalue weighted by Gasteiger charge is 2.17. The van der Waals surface area contributed by atoms with Crippen LogP contribution in [-0.4, -0.2) is 29.7 Å². The van der Waals surface area contributed by atoms with Crippen LogP contribution in [0.1, 0.15) is 6.42 Å². The van der Waals surface area contributed by atoms with E-state index in [9.17, 15) is 19.7 Å². The number of benzene rings is 1. The van der Waals surface area contributed by atoms with Gasteiger partial charge in [-0.05, 0) is 12.1 Å². The molecule has 0 aliphatic rings. The Morgan fingerprint density at radius 2 is 2.24 bits per heavy atom. The number of nitriles is 1. The molecule has 1 rings (SSSR count). The lowest BCUT2D eigenvalue weighted by molar-refractivity contribution is -0.387. The van der Waals surface area contributed by atoms with Crippen molar-refractivity contribution in [2.45, 2.75) is 11.3 Å². The summed E-state index contributed by atoms with van der Waals surface area (Å²) >= 11 is 0.965. The normalized spacial score (nSPS) is 9.52. The van der Waals surface area contributed by atoms with Crippen LogP contribution in [0, 0.1) is 21.4 Å². The Balaban J connectivity index is 2.92. The molecule has 1 aromatic rings. The van der Waals surface area contributed by atoms with Crippen molar-refractivity contribution in [3.8, 4) is 6.07 Å². The van der Waals surface area contributed by atoms with Gasteiger partial charge in [0.25, 0.3) is 5.69 Å². The maximum absolute atomic E-state index is 11.3. The van der Waals surface area contributed by atoms with Crippen LogP contribution >= 0.6 is 11.8 Å². The number of esters is 1. The quantitative estimate of drug-likeness (QED) is 0.367. The molecule has 0 spiro atoms. The number of nitro groups is 1. The molecule has 0 unspecified atom stereocenters. The Morgan fingerprint density at radius 1 is 1.52 bits per heavy atom. The minimum atomic E-state index is -0.612. The van der Waals surface area contributed by atoms with Gasteiger partial charge in [-0.3, -0.25) is 19.7 Å². The molecule has 0 fully saturated rings. The van der Waals surface area contributed by atoms with Crippen LogP contribution in [0.2, 0.25) is 0 Å². The summed E-state index contributed by atoms with van der Waals surface area (Å²) < 4.78 is 4.46. The van der Waals surface area contributed by atoms with E-state index in [1.165, 1.54) is 25.3 Å². The van der Waals surface area contributed by atoms with Gasteiger partial charge in [0.05, 0.1) is 28.8 Å². The molecule has 21 heavy (non-hydrogen) atoms. The van der Waals surface area contributed by atoms with Gasteiger partial charge in [0.15, 0.2) is 0 Å². The zero-order chi connectivity index (χ0) is 15.8. The summed E-state index contributed by atoms with van der Waals surface area (Å²) in [5, 5.41) is 21.8. The number of amides is 1. The first-order chi connectivity index (χ1) is 9.97. The van der Waals surface area contributed by atoms with Crippen molar-refractivity contribution >= 4 is 35.0 Å². The van der Waals surface area contributed by atoms with E-state index >= 15 is 0 Å². The van der Waals surface area contributed by atoms with Crippen LogP contribution in [0.15, 0.2) is 23.1 Å². The van der Waals surface area contributed by atoms with Crippen molar-refractivity contribution < 1.29 is 19.2 Å². The molecule has 9 heteroatoms. The molecule has 1 N–H and O–H groups in total. The second kappa shape index (κ2) is 7.86. The number of thioether (sulfide) groups is 1. The molecule has 110 valence electrons. The van der Waals surface area contributed by atoms with Crippen molar-refractivity contribution in [2.75, 3.05) is 18.2 Å². The molecule has 0 heterocycles. The molecule has 8 nitrogen and oxygen atoms in total. The van der Waals surface area contributed by atoms with Gasteiger partial charge in [0.1, 0.15) is 6.42 Å². The smallest absolute Gasteiger partial charge is 0.315 e. The highest BCUT2D eigenvalue weighted by atomic mass is 32.2. The molecule has 1 aromatic carbocycles. The summed E-state index contributed by atoms with van der Waals surface area (Å²) in [5.74, 6) is -1.11. The van der Waals surface area contributed by atoms with E-state index in [0.29, 0.717) is 0 Å². The molecule has 0 atom stereocenters. The van der Waals surface area contributed by atoms with E-state index in [1.54, 1.807) is 6.07 Å². The number of ether oxygens (including phenoxy) is 1. The van der Waals surface area contributed by atoms with E-state index in [1.807, 2.05) is 0 Å². The number of carbonyl (C=O) groups is 2. The highest BCUT2D eigenvalue weighted by molar-refractivity contribution is 8.00. The van der Waals surface area contributed by atoms with E-state index in [0.717, 1.165) is 11.8 Å². The molecular formula is C12H11N3O5S. The van der Waals surface area contributed by atoms with Gasteiger partial charge in [-0.2, -0.15) is 5.26 Å². The highest BCUT2D eigenvalue weighted by Crippen LogP contribution is 2.31. The average molecular weight is 309 g/mol. The second-order valence-electron chi connectivity index (χ2n) is 3.69. The van der Waals surface area contributed by atoms with Gasteiger partial charge < -0.3 is 10.1 Å². The molecule has 1 amide bonds. The zero-order valence-corrected chi connectivity index (χ0v) is 11.8. The predicted octanol–water partition coefficient (Wildman–Crippen LogP) is 1.71. The minimum absolute atomic E-state index is 0.0581.